The largest absolute Gasteiger partial charge is 0.505 e. The third kappa shape index (κ3) is 4.76. The van der Waals surface area contributed by atoms with Crippen molar-refractivity contribution in [2.45, 2.75) is 66.1 Å². The van der Waals surface area contributed by atoms with E-state index in [0.29, 0.717) is 56.6 Å². The number of phenols is 1. The number of rotatable bonds is 6. The van der Waals surface area contributed by atoms with Crippen molar-refractivity contribution in [1.29, 1.82) is 0 Å². The maximum absolute atomic E-state index is 14.9. The van der Waals surface area contributed by atoms with Crippen molar-refractivity contribution in [1.82, 2.24) is 9.97 Å². The summed E-state index contributed by atoms with van der Waals surface area (Å²) in [6.07, 6.45) is 0.118. The number of H-pyrrole nitrogens is 1. The lowest BCUT2D eigenvalue weighted by Gasteiger charge is -2.29. The Morgan fingerprint density at radius 2 is 1.97 bits per heavy atom. The summed E-state index contributed by atoms with van der Waals surface area (Å²) >= 11 is 0. The van der Waals surface area contributed by atoms with Crippen molar-refractivity contribution in [3.8, 4) is 16.9 Å². The van der Waals surface area contributed by atoms with Crippen LogP contribution in [-0.4, -0.2) is 41.6 Å². The van der Waals surface area contributed by atoms with E-state index in [1.54, 1.807) is 13.0 Å². The molecule has 6 nitrogen and oxygen atoms in total. The van der Waals surface area contributed by atoms with Gasteiger partial charge in [-0.05, 0) is 69.9 Å². The number of hydrogen-bond acceptors (Lipinski definition) is 5. The molecule has 0 spiro atoms. The first kappa shape index (κ1) is 24.8. The molecule has 2 aromatic heterocycles. The Hall–Kier alpha value is -2.87. The van der Waals surface area contributed by atoms with E-state index in [-0.39, 0.29) is 5.75 Å². The molecule has 0 saturated heterocycles. The van der Waals surface area contributed by atoms with Crippen LogP contribution < -0.4 is 5.59 Å². The lowest BCUT2D eigenvalue weighted by Crippen LogP contribution is -2.29. The van der Waals surface area contributed by atoms with Gasteiger partial charge in [-0.25, -0.2) is 14.2 Å². The number of aromatic hydroxyl groups is 1. The second-order valence-electron chi connectivity index (χ2n) is 9.21. The molecule has 3 rings (SSSR count). The molecule has 8 heteroatoms. The van der Waals surface area contributed by atoms with E-state index < -0.39 is 23.5 Å². The first-order chi connectivity index (χ1) is 15.4. The van der Waals surface area contributed by atoms with Crippen LogP contribution in [0.2, 0.25) is 0 Å². The average Bonchev–Trinajstić information content (AvgIpc) is 3.09. The van der Waals surface area contributed by atoms with E-state index in [9.17, 15) is 14.3 Å². The molecular weight excluding hydrogens is 422 g/mol. The average molecular weight is 452 g/mol. The maximum Gasteiger partial charge on any atom is 0.339 e. The molecule has 0 aliphatic heterocycles. The summed E-state index contributed by atoms with van der Waals surface area (Å²) < 4.78 is 26.2. The normalized spacial score (nSPS) is 12.8. The molecule has 0 saturated carbocycles. The number of aromatic amines is 1. The first-order valence-corrected chi connectivity index (χ1v) is 10.9. The standard InChI is InChI=1S/C25H30BFN2O4/c1-8-9-14-12(2)15(10-17(27)21(14)30)20-16-11-18(26)29-23(16)28-13(3)19(20)22(24(31)32-7)33-25(4,5)6/h10-11,22,30H,8-9H2,1-7H3,(H,28,29). The molecule has 2 N–H and O–H groups in total. The SMILES string of the molecule is [B]c1cc2c(-c3cc(F)c(O)c(CCC)c3C)c(C(OC(C)(C)C)C(=O)OC)c(C)nc2[nH]1. The fourth-order valence-corrected chi connectivity index (χ4v) is 4.20. The van der Waals surface area contributed by atoms with E-state index in [4.69, 9.17) is 17.3 Å². The Labute approximate surface area is 194 Å². The second-order valence-corrected chi connectivity index (χ2v) is 9.21. The van der Waals surface area contributed by atoms with Crippen molar-refractivity contribution in [2.24, 2.45) is 0 Å². The maximum atomic E-state index is 14.9. The van der Waals surface area contributed by atoms with Crippen LogP contribution in [0, 0.1) is 19.7 Å². The number of aryl methyl sites for hydroxylation is 1. The van der Waals surface area contributed by atoms with Crippen LogP contribution in [0.5, 0.6) is 5.75 Å². The number of nitrogens with one attached hydrogen (secondary N) is 1. The van der Waals surface area contributed by atoms with Gasteiger partial charge in [-0.1, -0.05) is 13.3 Å². The summed E-state index contributed by atoms with van der Waals surface area (Å²) in [5, 5.41) is 11.0. The second kappa shape index (κ2) is 9.18. The molecular formula is C25H30BFN2O4. The Bertz CT molecular complexity index is 1210. The molecule has 0 amide bonds. The van der Waals surface area contributed by atoms with Crippen molar-refractivity contribution in [3.05, 3.63) is 40.3 Å². The van der Waals surface area contributed by atoms with Crippen LogP contribution in [0.4, 0.5) is 4.39 Å². The van der Waals surface area contributed by atoms with Crippen LogP contribution in [0.1, 0.15) is 62.6 Å². The summed E-state index contributed by atoms with van der Waals surface area (Å²) in [6, 6.07) is 2.99. The highest BCUT2D eigenvalue weighted by atomic mass is 19.1. The third-order valence-electron chi connectivity index (χ3n) is 5.58. The Morgan fingerprint density at radius 3 is 2.55 bits per heavy atom. The van der Waals surface area contributed by atoms with Gasteiger partial charge in [-0.3, -0.25) is 0 Å². The number of fused-ring (bicyclic) bond motifs is 1. The number of benzene rings is 1. The van der Waals surface area contributed by atoms with Crippen LogP contribution >= 0.6 is 0 Å². The van der Waals surface area contributed by atoms with E-state index in [2.05, 4.69) is 9.97 Å². The van der Waals surface area contributed by atoms with Gasteiger partial charge >= 0.3 is 5.97 Å². The summed E-state index contributed by atoms with van der Waals surface area (Å²) in [4.78, 5) is 20.6. The third-order valence-corrected chi connectivity index (χ3v) is 5.58. The van der Waals surface area contributed by atoms with Gasteiger partial charge in [0.1, 0.15) is 13.5 Å². The molecule has 33 heavy (non-hydrogen) atoms. The van der Waals surface area contributed by atoms with Gasteiger partial charge in [-0.2, -0.15) is 0 Å². The van der Waals surface area contributed by atoms with Crippen molar-refractivity contribution in [2.75, 3.05) is 7.11 Å². The predicted molar refractivity (Wildman–Crippen MR) is 128 cm³/mol. The number of nitrogens with zero attached hydrogens (tertiary/aromatic N) is 1. The zero-order valence-corrected chi connectivity index (χ0v) is 20.2. The fraction of sp³-hybridized carbons (Fsp3) is 0.440. The molecule has 1 unspecified atom stereocenters. The van der Waals surface area contributed by atoms with Crippen molar-refractivity contribution in [3.63, 3.8) is 0 Å². The smallest absolute Gasteiger partial charge is 0.339 e. The summed E-state index contributed by atoms with van der Waals surface area (Å²) in [6.45, 7) is 11.1. The van der Waals surface area contributed by atoms with Crippen LogP contribution in [0.15, 0.2) is 12.1 Å². The number of methoxy groups -OCH3 is 1. The highest BCUT2D eigenvalue weighted by Crippen LogP contribution is 2.43. The number of phenolic OH excluding ortho intramolecular Hbond substituents is 1. The molecule has 2 heterocycles. The molecule has 0 bridgehead atoms. The minimum atomic E-state index is -1.11. The van der Waals surface area contributed by atoms with Crippen molar-refractivity contribution < 1.29 is 23.8 Å². The van der Waals surface area contributed by atoms with E-state index in [1.807, 2.05) is 34.6 Å². The summed E-state index contributed by atoms with van der Waals surface area (Å²) in [7, 11) is 7.33. The molecule has 174 valence electrons. The molecule has 0 aliphatic rings. The summed E-state index contributed by atoms with van der Waals surface area (Å²) in [5.41, 5.74) is 3.53. The quantitative estimate of drug-likeness (QED) is 0.426. The minimum absolute atomic E-state index is 0.356. The van der Waals surface area contributed by atoms with E-state index in [0.717, 1.165) is 6.42 Å². The Morgan fingerprint density at radius 1 is 1.30 bits per heavy atom. The fourth-order valence-electron chi connectivity index (χ4n) is 4.20. The van der Waals surface area contributed by atoms with Crippen LogP contribution in [0.3, 0.4) is 0 Å². The zero-order chi connectivity index (χ0) is 24.7. The van der Waals surface area contributed by atoms with Gasteiger partial charge in [0.15, 0.2) is 17.7 Å². The number of carbonyl (C=O) groups excluding carboxylic acids is 1. The lowest BCUT2D eigenvalue weighted by molar-refractivity contribution is -0.164. The number of aromatic nitrogens is 2. The van der Waals surface area contributed by atoms with Gasteiger partial charge < -0.3 is 19.6 Å². The van der Waals surface area contributed by atoms with Crippen LogP contribution in [0.25, 0.3) is 22.2 Å². The number of carbonyl (C=O) groups is 1. The Kier molecular flexibility index (Phi) is 6.89. The topological polar surface area (TPSA) is 84.4 Å². The van der Waals surface area contributed by atoms with Gasteiger partial charge in [-0.15, -0.1) is 0 Å². The molecule has 0 aliphatic carbocycles. The Balaban J connectivity index is 2.49. The molecule has 1 aromatic carbocycles. The summed E-state index contributed by atoms with van der Waals surface area (Å²) in [5.74, 6) is -1.68. The number of ether oxygens (including phenoxy) is 2. The highest BCUT2D eigenvalue weighted by Gasteiger charge is 2.34. The first-order valence-electron chi connectivity index (χ1n) is 10.9. The molecule has 0 fully saturated rings. The number of pyridine rings is 1. The monoisotopic (exact) mass is 452 g/mol. The molecule has 3 aromatic rings. The van der Waals surface area contributed by atoms with E-state index >= 15 is 0 Å². The van der Waals surface area contributed by atoms with Gasteiger partial charge in [0, 0.05) is 27.8 Å². The zero-order valence-electron chi connectivity index (χ0n) is 20.2. The number of hydrogen-bond donors (Lipinski definition) is 2. The predicted octanol–water partition coefficient (Wildman–Crippen LogP) is 4.47. The van der Waals surface area contributed by atoms with Gasteiger partial charge in [0.25, 0.3) is 0 Å². The van der Waals surface area contributed by atoms with Gasteiger partial charge in [0.05, 0.1) is 12.7 Å². The molecule has 1 atom stereocenters. The lowest BCUT2D eigenvalue weighted by atomic mass is 9.87. The number of halogens is 1. The van der Waals surface area contributed by atoms with Crippen molar-refractivity contribution >= 4 is 30.4 Å². The van der Waals surface area contributed by atoms with Crippen LogP contribution in [-0.2, 0) is 20.7 Å². The minimum Gasteiger partial charge on any atom is -0.505 e. The highest BCUT2D eigenvalue weighted by molar-refractivity contribution is 6.32. The molecule has 2 radical (unpaired) electrons. The van der Waals surface area contributed by atoms with Gasteiger partial charge in [0.2, 0.25) is 0 Å². The van der Waals surface area contributed by atoms with E-state index in [1.165, 1.54) is 13.2 Å². The number of esters is 1.